The van der Waals surface area contributed by atoms with E-state index in [0.29, 0.717) is 42.8 Å². The Labute approximate surface area is 166 Å². The van der Waals surface area contributed by atoms with Crippen LogP contribution in [0.25, 0.3) is 0 Å². The maximum absolute atomic E-state index is 13.2. The highest BCUT2D eigenvalue weighted by Gasteiger charge is 2.51. The van der Waals surface area contributed by atoms with Gasteiger partial charge in [0.15, 0.2) is 5.78 Å². The highest BCUT2D eigenvalue weighted by atomic mass is 16.5. The summed E-state index contributed by atoms with van der Waals surface area (Å²) in [6.07, 6.45) is 2.63. The van der Waals surface area contributed by atoms with Crippen LogP contribution in [-0.4, -0.2) is 17.3 Å². The van der Waals surface area contributed by atoms with Gasteiger partial charge in [-0.3, -0.25) is 14.4 Å². The zero-order chi connectivity index (χ0) is 20.3. The van der Waals surface area contributed by atoms with Gasteiger partial charge in [0.25, 0.3) is 0 Å². The Morgan fingerprint density at radius 2 is 1.57 bits per heavy atom. The van der Waals surface area contributed by atoms with Gasteiger partial charge in [-0.1, -0.05) is 45.9 Å². The van der Waals surface area contributed by atoms with E-state index in [-0.39, 0.29) is 28.2 Å². The Hall–Kier alpha value is -2.23. The maximum atomic E-state index is 13.2. The van der Waals surface area contributed by atoms with Gasteiger partial charge in [0.05, 0.1) is 5.92 Å². The lowest BCUT2D eigenvalue weighted by molar-refractivity contribution is -0.140. The molecule has 0 radical (unpaired) electrons. The van der Waals surface area contributed by atoms with Crippen LogP contribution in [0.2, 0.25) is 0 Å². The maximum Gasteiger partial charge on any atom is 0.163 e. The zero-order valence-electron chi connectivity index (χ0n) is 17.1. The minimum Gasteiger partial charge on any atom is -0.461 e. The molecule has 1 unspecified atom stereocenters. The molecule has 1 heterocycles. The van der Waals surface area contributed by atoms with Crippen LogP contribution in [-0.2, 0) is 14.4 Å². The number of hydrogen-bond acceptors (Lipinski definition) is 4. The molecule has 1 saturated carbocycles. The molecule has 2 aliphatic carbocycles. The molecular formula is C24H28O4. The van der Waals surface area contributed by atoms with Crippen LogP contribution in [0, 0.1) is 16.7 Å². The van der Waals surface area contributed by atoms with Crippen molar-refractivity contribution < 1.29 is 19.1 Å². The lowest BCUT2D eigenvalue weighted by Crippen LogP contribution is -2.45. The van der Waals surface area contributed by atoms with Crippen molar-refractivity contribution >= 4 is 17.3 Å². The second-order valence-corrected chi connectivity index (χ2v) is 9.82. The summed E-state index contributed by atoms with van der Waals surface area (Å²) in [6, 6.07) is 7.53. The predicted molar refractivity (Wildman–Crippen MR) is 106 cm³/mol. The van der Waals surface area contributed by atoms with Gasteiger partial charge in [-0.25, -0.2) is 0 Å². The van der Waals surface area contributed by atoms with Crippen LogP contribution in [0.4, 0.5) is 0 Å². The Kier molecular flexibility index (Phi) is 4.36. The van der Waals surface area contributed by atoms with E-state index in [1.807, 2.05) is 38.1 Å². The number of hydrogen-bond donors (Lipinski definition) is 0. The number of allylic oxidation sites excluding steroid dienone is 2. The third kappa shape index (κ3) is 3.03. The fraction of sp³-hybridized carbons (Fsp3) is 0.542. The first-order valence-corrected chi connectivity index (χ1v) is 10.2. The van der Waals surface area contributed by atoms with E-state index in [9.17, 15) is 14.4 Å². The predicted octanol–water partition coefficient (Wildman–Crippen LogP) is 4.77. The molecule has 28 heavy (non-hydrogen) atoms. The molecule has 1 aromatic carbocycles. The average molecular weight is 380 g/mol. The number of fused-ring (bicyclic) bond motifs is 1. The van der Waals surface area contributed by atoms with Crippen molar-refractivity contribution in [1.82, 2.24) is 0 Å². The SMILES string of the molecule is CCC1(C)CC(=O)C(C2C3=C(CC(C)(C)CC3=O)Oc3ccccc32)C(=O)C1. The van der Waals surface area contributed by atoms with Gasteiger partial charge in [-0.15, -0.1) is 0 Å². The first-order chi connectivity index (χ1) is 13.1. The second kappa shape index (κ2) is 6.40. The summed E-state index contributed by atoms with van der Waals surface area (Å²) in [5.74, 6) is -0.0332. The number of carbonyl (C=O) groups excluding carboxylic acids is 3. The molecule has 148 valence electrons. The molecule has 0 spiro atoms. The summed E-state index contributed by atoms with van der Waals surface area (Å²) in [5.41, 5.74) is 0.894. The van der Waals surface area contributed by atoms with E-state index in [0.717, 1.165) is 12.0 Å². The molecule has 1 fully saturated rings. The van der Waals surface area contributed by atoms with Crippen molar-refractivity contribution in [3.8, 4) is 5.75 Å². The number of benzene rings is 1. The van der Waals surface area contributed by atoms with E-state index in [1.165, 1.54) is 0 Å². The molecule has 0 bridgehead atoms. The summed E-state index contributed by atoms with van der Waals surface area (Å²) < 4.78 is 6.13. The number of para-hydroxylation sites is 1. The zero-order valence-corrected chi connectivity index (χ0v) is 17.1. The standard InChI is InChI=1S/C24H28O4/c1-5-24(4)11-16(26)21(17(27)12-24)20-14-8-6-7-9-18(14)28-19-13-23(2,3)10-15(25)22(19)20/h6-9,20-21H,5,10-13H2,1-4H3. The van der Waals surface area contributed by atoms with E-state index in [1.54, 1.807) is 0 Å². The van der Waals surface area contributed by atoms with Crippen LogP contribution < -0.4 is 4.74 Å². The van der Waals surface area contributed by atoms with Gasteiger partial charge in [0.1, 0.15) is 23.1 Å². The fourth-order valence-corrected chi connectivity index (χ4v) is 5.11. The summed E-state index contributed by atoms with van der Waals surface area (Å²) >= 11 is 0. The molecule has 4 nitrogen and oxygen atoms in total. The molecule has 3 aliphatic rings. The molecule has 1 aromatic rings. The molecule has 1 atom stereocenters. The second-order valence-electron chi connectivity index (χ2n) is 9.82. The Morgan fingerprint density at radius 1 is 0.929 bits per heavy atom. The van der Waals surface area contributed by atoms with E-state index < -0.39 is 11.8 Å². The van der Waals surface area contributed by atoms with Gasteiger partial charge in [0.2, 0.25) is 0 Å². The summed E-state index contributed by atoms with van der Waals surface area (Å²) in [7, 11) is 0. The average Bonchev–Trinajstić information content (AvgIpc) is 2.59. The Bertz CT molecular complexity index is 887. The minimum atomic E-state index is -0.778. The fourth-order valence-electron chi connectivity index (χ4n) is 5.11. The molecule has 0 N–H and O–H groups in total. The van der Waals surface area contributed by atoms with Crippen molar-refractivity contribution in [1.29, 1.82) is 0 Å². The first-order valence-electron chi connectivity index (χ1n) is 10.2. The quantitative estimate of drug-likeness (QED) is 0.694. The van der Waals surface area contributed by atoms with Gasteiger partial charge in [-0.05, 0) is 23.3 Å². The number of Topliss-reactive ketones (excluding diaryl/α,β-unsaturated/α-hetero) is 3. The molecule has 4 heteroatoms. The van der Waals surface area contributed by atoms with Crippen LogP contribution in [0.15, 0.2) is 35.6 Å². The van der Waals surface area contributed by atoms with Crippen molar-refractivity contribution in [3.05, 3.63) is 41.2 Å². The van der Waals surface area contributed by atoms with Crippen LogP contribution in [0.5, 0.6) is 5.75 Å². The van der Waals surface area contributed by atoms with Gasteiger partial charge < -0.3 is 4.74 Å². The summed E-state index contributed by atoms with van der Waals surface area (Å²) in [6.45, 7) is 8.14. The van der Waals surface area contributed by atoms with Gasteiger partial charge >= 0.3 is 0 Å². The summed E-state index contributed by atoms with van der Waals surface area (Å²) in [4.78, 5) is 39.5. The van der Waals surface area contributed by atoms with Gasteiger partial charge in [0, 0.05) is 42.7 Å². The molecule has 0 amide bonds. The number of rotatable bonds is 2. The molecule has 4 rings (SSSR count). The van der Waals surface area contributed by atoms with Crippen molar-refractivity contribution in [2.75, 3.05) is 0 Å². The largest absolute Gasteiger partial charge is 0.461 e. The molecule has 1 aliphatic heterocycles. The minimum absolute atomic E-state index is 0.00943. The Morgan fingerprint density at radius 3 is 2.21 bits per heavy atom. The highest BCUT2D eigenvalue weighted by Crippen LogP contribution is 2.52. The van der Waals surface area contributed by atoms with Crippen molar-refractivity contribution in [2.45, 2.75) is 65.7 Å². The van der Waals surface area contributed by atoms with E-state index in [2.05, 4.69) is 13.8 Å². The molecule has 0 saturated heterocycles. The normalized spacial score (nSPS) is 31.9. The smallest absolute Gasteiger partial charge is 0.163 e. The highest BCUT2D eigenvalue weighted by molar-refractivity contribution is 6.09. The van der Waals surface area contributed by atoms with E-state index >= 15 is 0 Å². The number of carbonyl (C=O) groups is 3. The van der Waals surface area contributed by atoms with Crippen LogP contribution in [0.3, 0.4) is 0 Å². The van der Waals surface area contributed by atoms with E-state index in [4.69, 9.17) is 4.74 Å². The van der Waals surface area contributed by atoms with Crippen LogP contribution >= 0.6 is 0 Å². The number of ether oxygens (including phenoxy) is 1. The summed E-state index contributed by atoms with van der Waals surface area (Å²) in [5, 5.41) is 0. The third-order valence-corrected chi connectivity index (χ3v) is 6.76. The molecule has 0 aromatic heterocycles. The monoisotopic (exact) mass is 380 g/mol. The van der Waals surface area contributed by atoms with Crippen molar-refractivity contribution in [2.24, 2.45) is 16.7 Å². The lowest BCUT2D eigenvalue weighted by atomic mass is 9.61. The lowest BCUT2D eigenvalue weighted by Gasteiger charge is -2.42. The topological polar surface area (TPSA) is 60.4 Å². The van der Waals surface area contributed by atoms with Crippen LogP contribution in [0.1, 0.15) is 71.3 Å². The molecular weight excluding hydrogens is 352 g/mol. The van der Waals surface area contributed by atoms with Crippen molar-refractivity contribution in [3.63, 3.8) is 0 Å². The first kappa shape index (κ1) is 19.1. The third-order valence-electron chi connectivity index (χ3n) is 6.76. The number of ketones is 3. The van der Waals surface area contributed by atoms with Gasteiger partial charge in [-0.2, -0.15) is 0 Å². The Balaban J connectivity index is 1.84.